The first-order valence-electron chi connectivity index (χ1n) is 25.5. The van der Waals surface area contributed by atoms with Crippen LogP contribution in [0.5, 0.6) is 0 Å². The van der Waals surface area contributed by atoms with Crippen LogP contribution in [0.4, 0.5) is 0 Å². The van der Waals surface area contributed by atoms with Gasteiger partial charge in [0.15, 0.2) is 11.4 Å². The average Bonchev–Trinajstić information content (AvgIpc) is 3.21. The fraction of sp³-hybridized carbons (Fsp3) is 0.902. The van der Waals surface area contributed by atoms with E-state index >= 15 is 0 Å². The van der Waals surface area contributed by atoms with Crippen LogP contribution in [0.1, 0.15) is 245 Å². The lowest BCUT2D eigenvalue weighted by Gasteiger charge is -2.31. The zero-order chi connectivity index (χ0) is 44.3. The number of hydrogen-bond donors (Lipinski definition) is 1. The van der Waals surface area contributed by atoms with Crippen molar-refractivity contribution in [1.82, 2.24) is 0 Å². The Hall–Kier alpha value is -1.02. The summed E-state index contributed by atoms with van der Waals surface area (Å²) in [6.07, 6.45) is 52.5. The molecule has 0 aromatic carbocycles. The highest BCUT2D eigenvalue weighted by molar-refractivity contribution is 7.45. The van der Waals surface area contributed by atoms with E-state index in [1.807, 2.05) is 27.2 Å². The highest BCUT2D eigenvalue weighted by atomic mass is 31.2. The summed E-state index contributed by atoms with van der Waals surface area (Å²) >= 11 is 0. The highest BCUT2D eigenvalue weighted by Gasteiger charge is 2.38. The third-order valence-electron chi connectivity index (χ3n) is 11.6. The van der Waals surface area contributed by atoms with E-state index in [-0.39, 0.29) is 19.6 Å². The highest BCUT2D eigenvalue weighted by Crippen LogP contribution is 2.39. The van der Waals surface area contributed by atoms with Crippen LogP contribution in [-0.4, -0.2) is 68.5 Å². The Morgan fingerprint density at radius 1 is 0.533 bits per heavy atom. The van der Waals surface area contributed by atoms with Crippen molar-refractivity contribution in [3.05, 3.63) is 24.5 Å². The minimum absolute atomic E-state index is 0.0512. The van der Waals surface area contributed by atoms with Crippen molar-refractivity contribution >= 4 is 13.6 Å². The number of ether oxygens (including phenoxy) is 1. The van der Waals surface area contributed by atoms with E-state index in [9.17, 15) is 19.4 Å². The Morgan fingerprint density at radius 2 is 0.883 bits per heavy atom. The van der Waals surface area contributed by atoms with Gasteiger partial charge in [0.1, 0.15) is 19.8 Å². The van der Waals surface area contributed by atoms with Crippen molar-refractivity contribution in [2.24, 2.45) is 0 Å². The van der Waals surface area contributed by atoms with Crippen molar-refractivity contribution < 1.29 is 37.6 Å². The van der Waals surface area contributed by atoms with Crippen LogP contribution in [0.2, 0.25) is 0 Å². The molecule has 0 heterocycles. The van der Waals surface area contributed by atoms with Crippen molar-refractivity contribution in [2.75, 3.05) is 47.5 Å². The number of carbonyl (C=O) groups excluding carboxylic acids is 1. The van der Waals surface area contributed by atoms with Gasteiger partial charge in [-0.2, -0.15) is 0 Å². The van der Waals surface area contributed by atoms with Crippen molar-refractivity contribution in [1.29, 1.82) is 0 Å². The minimum Gasteiger partial charge on any atom is -0.756 e. The number of phosphoric ester groups is 1. The van der Waals surface area contributed by atoms with E-state index in [0.717, 1.165) is 44.9 Å². The topological polar surface area (TPSA) is 105 Å². The standard InChI is InChI=1S/C51H100NO7P/c1-6-8-10-12-14-16-18-20-22-24-25-26-27-29-31-33-35-37-39-41-43-46-57-48-51(54,49-59-60(55,56)58-47-45-52(3,4)5)50(53)44-42-40-38-36-34-32-30-28-23-21-19-17-15-13-11-9-7-2/h28,30,43,46,54H,6-27,29,31-42,44-45,47-49H2,1-5H3/b30-28-,46-43+. The summed E-state index contributed by atoms with van der Waals surface area (Å²) in [6, 6.07) is 0. The predicted molar refractivity (Wildman–Crippen MR) is 254 cm³/mol. The maximum absolute atomic E-state index is 13.3. The van der Waals surface area contributed by atoms with Crippen LogP contribution in [0.25, 0.3) is 0 Å². The number of unbranched alkanes of at least 4 members (excludes halogenated alkanes) is 32. The summed E-state index contributed by atoms with van der Waals surface area (Å²) in [5.41, 5.74) is -2.08. The van der Waals surface area contributed by atoms with Crippen LogP contribution in [0.3, 0.4) is 0 Å². The first kappa shape index (κ1) is 59.0. The lowest BCUT2D eigenvalue weighted by Crippen LogP contribution is -2.47. The van der Waals surface area contributed by atoms with E-state index in [2.05, 4.69) is 26.0 Å². The number of Topliss-reactive ketones (excluding diaryl/α,β-unsaturated/α-hetero) is 1. The molecule has 2 atom stereocenters. The molecular formula is C51H100NO7P. The number of ketones is 1. The maximum Gasteiger partial charge on any atom is 0.268 e. The van der Waals surface area contributed by atoms with Crippen LogP contribution in [0, 0.1) is 0 Å². The minimum atomic E-state index is -4.71. The van der Waals surface area contributed by atoms with E-state index in [1.165, 1.54) is 180 Å². The molecule has 0 aliphatic rings. The van der Waals surface area contributed by atoms with Gasteiger partial charge in [-0.3, -0.25) is 9.36 Å². The fourth-order valence-corrected chi connectivity index (χ4v) is 8.21. The first-order valence-corrected chi connectivity index (χ1v) is 27.0. The normalized spacial score (nSPS) is 14.3. The van der Waals surface area contributed by atoms with E-state index in [1.54, 1.807) is 0 Å². The number of allylic oxidation sites excluding steroid dienone is 3. The average molecular weight is 870 g/mol. The van der Waals surface area contributed by atoms with Gasteiger partial charge in [-0.15, -0.1) is 0 Å². The van der Waals surface area contributed by atoms with Crippen LogP contribution < -0.4 is 4.89 Å². The van der Waals surface area contributed by atoms with Crippen LogP contribution in [0.15, 0.2) is 24.5 Å². The van der Waals surface area contributed by atoms with E-state index in [0.29, 0.717) is 17.4 Å². The third-order valence-corrected chi connectivity index (χ3v) is 12.6. The smallest absolute Gasteiger partial charge is 0.268 e. The second kappa shape index (κ2) is 42.0. The van der Waals surface area contributed by atoms with Gasteiger partial charge in [-0.05, 0) is 51.0 Å². The van der Waals surface area contributed by atoms with Gasteiger partial charge in [0.2, 0.25) is 0 Å². The third kappa shape index (κ3) is 42.3. The molecule has 0 rings (SSSR count). The molecule has 0 aromatic heterocycles. The molecule has 2 unspecified atom stereocenters. The summed E-state index contributed by atoms with van der Waals surface area (Å²) in [5.74, 6) is -0.468. The molecule has 60 heavy (non-hydrogen) atoms. The molecule has 8 nitrogen and oxygen atoms in total. The summed E-state index contributed by atoms with van der Waals surface area (Å²) in [5, 5.41) is 11.3. The maximum atomic E-state index is 13.3. The first-order chi connectivity index (χ1) is 29.0. The summed E-state index contributed by atoms with van der Waals surface area (Å²) in [4.78, 5) is 25.7. The van der Waals surface area contributed by atoms with Crippen molar-refractivity contribution in [3.63, 3.8) is 0 Å². The number of rotatable bonds is 48. The summed E-state index contributed by atoms with van der Waals surface area (Å²) in [6.45, 7) is 3.86. The number of likely N-dealkylation sites (N-methyl/N-ethyl adjacent to an activating group) is 1. The number of quaternary nitrogens is 1. The largest absolute Gasteiger partial charge is 0.756 e. The second-order valence-electron chi connectivity index (χ2n) is 18.9. The molecule has 0 saturated heterocycles. The molecule has 356 valence electrons. The Balaban J connectivity index is 4.31. The molecule has 0 saturated carbocycles. The molecule has 0 fully saturated rings. The Bertz CT molecular complexity index is 1050. The van der Waals surface area contributed by atoms with E-state index < -0.39 is 25.8 Å². The van der Waals surface area contributed by atoms with Gasteiger partial charge < -0.3 is 28.3 Å². The molecule has 1 N–H and O–H groups in total. The van der Waals surface area contributed by atoms with Gasteiger partial charge in [0.25, 0.3) is 7.82 Å². The molecule has 0 aliphatic carbocycles. The molecular weight excluding hydrogens is 770 g/mol. The van der Waals surface area contributed by atoms with Crippen LogP contribution in [-0.2, 0) is 23.1 Å². The Kier molecular flexibility index (Phi) is 41.2. The number of carbonyl (C=O) groups is 1. The molecule has 9 heteroatoms. The monoisotopic (exact) mass is 870 g/mol. The number of nitrogens with zero attached hydrogens (tertiary/aromatic N) is 1. The summed E-state index contributed by atoms with van der Waals surface area (Å²) in [7, 11) is 1.08. The van der Waals surface area contributed by atoms with Gasteiger partial charge in [0, 0.05) is 6.42 Å². The fourth-order valence-electron chi connectivity index (χ4n) is 7.46. The zero-order valence-corrected chi connectivity index (χ0v) is 41.3. The van der Waals surface area contributed by atoms with Gasteiger partial charge in [0.05, 0.1) is 34.0 Å². The zero-order valence-electron chi connectivity index (χ0n) is 40.4. The molecule has 0 amide bonds. The quantitative estimate of drug-likeness (QED) is 0.0213. The Labute approximate surface area is 372 Å². The number of phosphoric acid groups is 1. The van der Waals surface area contributed by atoms with Crippen molar-refractivity contribution in [3.8, 4) is 0 Å². The van der Waals surface area contributed by atoms with Gasteiger partial charge in [-0.1, -0.05) is 206 Å². The lowest BCUT2D eigenvalue weighted by molar-refractivity contribution is -0.870. The summed E-state index contributed by atoms with van der Waals surface area (Å²) < 4.78 is 28.7. The molecule has 0 aromatic rings. The number of hydrogen-bond acceptors (Lipinski definition) is 7. The van der Waals surface area contributed by atoms with Gasteiger partial charge >= 0.3 is 0 Å². The predicted octanol–water partition coefficient (Wildman–Crippen LogP) is 14.7. The lowest BCUT2D eigenvalue weighted by atomic mass is 9.95. The second-order valence-corrected chi connectivity index (χ2v) is 20.3. The number of aliphatic hydroxyl groups is 1. The molecule has 0 bridgehead atoms. The molecule has 0 radical (unpaired) electrons. The molecule has 0 aliphatic heterocycles. The van der Waals surface area contributed by atoms with Crippen molar-refractivity contribution in [2.45, 2.75) is 251 Å². The SMILES string of the molecule is CCCCCCCCCC/C=C\CCCCCCCC(=O)C(O)(CO/C=C/CCCCCCCCCCCCCCCCCCCCC)COP(=O)([O-])OCC[N+](C)(C)C. The van der Waals surface area contributed by atoms with Gasteiger partial charge in [-0.25, -0.2) is 0 Å². The van der Waals surface area contributed by atoms with Crippen LogP contribution >= 0.6 is 7.82 Å². The Morgan fingerprint density at radius 3 is 1.27 bits per heavy atom. The molecule has 0 spiro atoms. The van der Waals surface area contributed by atoms with E-state index in [4.69, 9.17) is 13.8 Å².